The summed E-state index contributed by atoms with van der Waals surface area (Å²) in [6.45, 7) is 3.29. The third kappa shape index (κ3) is 3.32. The van der Waals surface area contributed by atoms with E-state index in [9.17, 15) is 14.3 Å². The average Bonchev–Trinajstić information content (AvgIpc) is 3.36. The van der Waals surface area contributed by atoms with Gasteiger partial charge in [0.15, 0.2) is 0 Å². The smallest absolute Gasteiger partial charge is 0.306 e. The van der Waals surface area contributed by atoms with Crippen LogP contribution in [0, 0.1) is 30.5 Å². The van der Waals surface area contributed by atoms with Crippen LogP contribution in [0.4, 0.5) is 15.8 Å². The number of hydrogen-bond donors (Lipinski definition) is 2. The van der Waals surface area contributed by atoms with Crippen molar-refractivity contribution in [2.45, 2.75) is 44.6 Å². The Morgan fingerprint density at radius 3 is 2.70 bits per heavy atom. The summed E-state index contributed by atoms with van der Waals surface area (Å²) in [6, 6.07) is 9.95. The number of hydrogen-bond acceptors (Lipinski definition) is 4. The third-order valence-electron chi connectivity index (χ3n) is 8.07. The number of benzene rings is 2. The van der Waals surface area contributed by atoms with Crippen molar-refractivity contribution in [3.8, 4) is 0 Å². The van der Waals surface area contributed by atoms with Crippen molar-refractivity contribution in [2.24, 2.45) is 17.8 Å². The number of aliphatic carboxylic acids is 1. The molecule has 172 valence electrons. The molecule has 3 aliphatic rings. The van der Waals surface area contributed by atoms with Crippen LogP contribution in [0.15, 0.2) is 36.5 Å². The molecule has 1 saturated carbocycles. The second kappa shape index (κ2) is 7.83. The van der Waals surface area contributed by atoms with Crippen molar-refractivity contribution in [1.82, 2.24) is 10.2 Å². The van der Waals surface area contributed by atoms with Gasteiger partial charge in [0.1, 0.15) is 5.82 Å². The average molecular weight is 450 g/mol. The minimum atomic E-state index is -0.692. The zero-order valence-corrected chi connectivity index (χ0v) is 18.6. The van der Waals surface area contributed by atoms with Crippen LogP contribution in [0.2, 0.25) is 0 Å². The van der Waals surface area contributed by atoms with Crippen LogP contribution in [0.5, 0.6) is 0 Å². The second-order valence-electron chi connectivity index (χ2n) is 9.90. The third-order valence-corrected chi connectivity index (χ3v) is 8.07. The van der Waals surface area contributed by atoms with E-state index < -0.39 is 5.97 Å². The number of carboxylic acids is 1. The number of carbonyl (C=O) groups is 1. The summed E-state index contributed by atoms with van der Waals surface area (Å²) < 4.78 is 19.9. The predicted molar refractivity (Wildman–Crippen MR) is 123 cm³/mol. The van der Waals surface area contributed by atoms with Crippen LogP contribution in [0.1, 0.15) is 42.7 Å². The summed E-state index contributed by atoms with van der Waals surface area (Å²) in [4.78, 5) is 14.0. The van der Waals surface area contributed by atoms with E-state index in [4.69, 9.17) is 4.74 Å². The molecule has 0 spiro atoms. The van der Waals surface area contributed by atoms with Crippen molar-refractivity contribution in [3.63, 3.8) is 0 Å². The van der Waals surface area contributed by atoms with Gasteiger partial charge in [0.05, 0.1) is 17.6 Å². The monoisotopic (exact) mass is 449 g/mol. The molecule has 6 rings (SSSR count). The van der Waals surface area contributed by atoms with Gasteiger partial charge in [-0.3, -0.25) is 9.89 Å². The summed E-state index contributed by atoms with van der Waals surface area (Å²) in [7, 11) is 0. The van der Waals surface area contributed by atoms with E-state index in [0.717, 1.165) is 48.3 Å². The Morgan fingerprint density at radius 2 is 1.97 bits per heavy atom. The molecular weight excluding hydrogens is 421 g/mol. The molecule has 2 atom stereocenters. The van der Waals surface area contributed by atoms with Gasteiger partial charge in [-0.05, 0) is 85.9 Å². The first-order valence-electron chi connectivity index (χ1n) is 11.8. The predicted octanol–water partition coefficient (Wildman–Crippen LogP) is 5.15. The molecule has 1 aliphatic carbocycles. The standard InChI is InChI=1S/C26H28FN3O3/c1-14-8-19(2-3-21(14)27)30-23-11-18-13-28-29-22(18)12-20(23)24(16-9-17(10-16)26(31)32)25(30)15-4-6-33-7-5-15/h2-3,8,11-13,15-17,24-25H,4-7,9-10H2,1H3,(H,28,29)(H,31,32). The molecule has 2 aromatic carbocycles. The molecule has 0 radical (unpaired) electrons. The summed E-state index contributed by atoms with van der Waals surface area (Å²) in [5, 5.41) is 17.9. The van der Waals surface area contributed by atoms with Crippen LogP contribution in [0.3, 0.4) is 0 Å². The van der Waals surface area contributed by atoms with Gasteiger partial charge in [0.2, 0.25) is 0 Å². The van der Waals surface area contributed by atoms with E-state index in [2.05, 4.69) is 27.2 Å². The van der Waals surface area contributed by atoms with E-state index in [1.54, 1.807) is 13.0 Å². The number of halogens is 1. The van der Waals surface area contributed by atoms with Crippen LogP contribution in [-0.4, -0.2) is 40.5 Å². The van der Waals surface area contributed by atoms with Crippen molar-refractivity contribution >= 4 is 28.2 Å². The van der Waals surface area contributed by atoms with Gasteiger partial charge in [0.25, 0.3) is 0 Å². The number of carboxylic acid groups (broad SMARTS) is 1. The van der Waals surface area contributed by atoms with Crippen LogP contribution >= 0.6 is 0 Å². The van der Waals surface area contributed by atoms with E-state index in [0.29, 0.717) is 30.2 Å². The molecule has 33 heavy (non-hydrogen) atoms. The molecule has 2 fully saturated rings. The normalized spacial score (nSPS) is 27.5. The number of aromatic amines is 1. The van der Waals surface area contributed by atoms with Gasteiger partial charge in [-0.25, -0.2) is 4.39 Å². The van der Waals surface area contributed by atoms with Gasteiger partial charge >= 0.3 is 5.97 Å². The van der Waals surface area contributed by atoms with Crippen molar-refractivity contribution in [2.75, 3.05) is 18.1 Å². The molecule has 0 amide bonds. The van der Waals surface area contributed by atoms with E-state index in [1.807, 2.05) is 18.3 Å². The zero-order valence-electron chi connectivity index (χ0n) is 18.6. The first kappa shape index (κ1) is 20.7. The van der Waals surface area contributed by atoms with E-state index >= 15 is 0 Å². The summed E-state index contributed by atoms with van der Waals surface area (Å²) in [6.07, 6.45) is 5.19. The molecule has 2 N–H and O–H groups in total. The fourth-order valence-corrected chi connectivity index (χ4v) is 6.32. The number of ether oxygens (including phenoxy) is 1. The second-order valence-corrected chi connectivity index (χ2v) is 9.90. The van der Waals surface area contributed by atoms with Crippen LogP contribution in [-0.2, 0) is 9.53 Å². The SMILES string of the molecule is Cc1cc(N2c3cc4cn[nH]c4cc3C(C3CC(C(=O)O)C3)C2C2CCOCC2)ccc1F. The lowest BCUT2D eigenvalue weighted by molar-refractivity contribution is -0.146. The first-order chi connectivity index (χ1) is 16.0. The number of rotatable bonds is 4. The minimum absolute atomic E-state index is 0.188. The van der Waals surface area contributed by atoms with Gasteiger partial charge < -0.3 is 14.7 Å². The minimum Gasteiger partial charge on any atom is -0.481 e. The Hall–Kier alpha value is -2.93. The van der Waals surface area contributed by atoms with Gasteiger partial charge in [-0.1, -0.05) is 0 Å². The van der Waals surface area contributed by atoms with Crippen LogP contribution < -0.4 is 4.90 Å². The maximum Gasteiger partial charge on any atom is 0.306 e. The Bertz CT molecular complexity index is 1210. The van der Waals surface area contributed by atoms with Crippen molar-refractivity contribution in [3.05, 3.63) is 53.5 Å². The number of nitrogens with zero attached hydrogens (tertiary/aromatic N) is 2. The highest BCUT2D eigenvalue weighted by Crippen LogP contribution is 2.57. The lowest BCUT2D eigenvalue weighted by Crippen LogP contribution is -2.45. The summed E-state index contributed by atoms with van der Waals surface area (Å²) in [5.41, 5.74) is 5.00. The number of aryl methyl sites for hydroxylation is 1. The molecule has 0 bridgehead atoms. The molecule has 1 saturated heterocycles. The van der Waals surface area contributed by atoms with Crippen molar-refractivity contribution in [1.29, 1.82) is 0 Å². The molecule has 3 aromatic rings. The number of aromatic nitrogens is 2. The molecular formula is C26H28FN3O3. The molecule has 1 aromatic heterocycles. The Labute approximate surface area is 191 Å². The highest BCUT2D eigenvalue weighted by molar-refractivity contribution is 5.88. The largest absolute Gasteiger partial charge is 0.481 e. The quantitative estimate of drug-likeness (QED) is 0.576. The van der Waals surface area contributed by atoms with Gasteiger partial charge in [0, 0.05) is 41.9 Å². The number of nitrogens with one attached hydrogen (secondary N) is 1. The zero-order chi connectivity index (χ0) is 22.7. The van der Waals surface area contributed by atoms with Gasteiger partial charge in [-0.15, -0.1) is 0 Å². The molecule has 2 aliphatic heterocycles. The molecule has 2 unspecified atom stereocenters. The summed E-state index contributed by atoms with van der Waals surface area (Å²) >= 11 is 0. The maximum atomic E-state index is 14.2. The highest BCUT2D eigenvalue weighted by Gasteiger charge is 2.51. The lowest BCUT2D eigenvalue weighted by Gasteiger charge is -2.44. The summed E-state index contributed by atoms with van der Waals surface area (Å²) in [5.74, 6) is -0.206. The first-order valence-corrected chi connectivity index (χ1v) is 11.8. The number of H-pyrrole nitrogens is 1. The molecule has 7 heteroatoms. The molecule has 6 nitrogen and oxygen atoms in total. The fourth-order valence-electron chi connectivity index (χ4n) is 6.32. The van der Waals surface area contributed by atoms with E-state index in [1.165, 1.54) is 5.56 Å². The van der Waals surface area contributed by atoms with E-state index in [-0.39, 0.29) is 23.7 Å². The Morgan fingerprint density at radius 1 is 1.18 bits per heavy atom. The van der Waals surface area contributed by atoms with Crippen molar-refractivity contribution < 1.29 is 19.0 Å². The van der Waals surface area contributed by atoms with Crippen LogP contribution in [0.25, 0.3) is 10.9 Å². The fraction of sp³-hybridized carbons (Fsp3) is 0.462. The number of anilines is 2. The number of fused-ring (bicyclic) bond motifs is 2. The lowest BCUT2D eigenvalue weighted by atomic mass is 9.63. The van der Waals surface area contributed by atoms with Gasteiger partial charge in [-0.2, -0.15) is 5.10 Å². The Balaban J connectivity index is 1.51. The topological polar surface area (TPSA) is 78.5 Å². The molecule has 3 heterocycles. The highest BCUT2D eigenvalue weighted by atomic mass is 19.1. The Kier molecular flexibility index (Phi) is 4.91. The maximum absolute atomic E-state index is 14.2.